The number of aliphatic carboxylic acids is 1. The van der Waals surface area contributed by atoms with Crippen LogP contribution in [0.25, 0.3) is 0 Å². The van der Waals surface area contributed by atoms with Crippen molar-refractivity contribution >= 4 is 21.9 Å². The average molecular weight is 329 g/mol. The fourth-order valence-electron chi connectivity index (χ4n) is 2.68. The summed E-state index contributed by atoms with van der Waals surface area (Å²) in [5.41, 5.74) is 1.81. The minimum atomic E-state index is -0.765. The molecule has 5 heteroatoms. The van der Waals surface area contributed by atoms with Gasteiger partial charge in [0.25, 0.3) is 0 Å². The van der Waals surface area contributed by atoms with Gasteiger partial charge >= 0.3 is 5.97 Å². The molecular weight excluding hydrogens is 312 g/mol. The van der Waals surface area contributed by atoms with Crippen molar-refractivity contribution in [1.82, 2.24) is 0 Å². The van der Waals surface area contributed by atoms with Gasteiger partial charge in [-0.3, -0.25) is 4.79 Å². The quantitative estimate of drug-likeness (QED) is 0.901. The third kappa shape index (κ3) is 2.43. The van der Waals surface area contributed by atoms with Gasteiger partial charge in [-0.1, -0.05) is 0 Å². The number of carboxylic acid groups (broad SMARTS) is 1. The molecule has 1 fully saturated rings. The molecule has 1 aliphatic carbocycles. The number of hydrogen-bond acceptors (Lipinski definition) is 3. The highest BCUT2D eigenvalue weighted by atomic mass is 79.9. The number of ether oxygens (including phenoxy) is 2. The topological polar surface area (TPSA) is 55.8 Å². The molecule has 0 heterocycles. The first-order valence-corrected chi connectivity index (χ1v) is 6.88. The molecule has 0 unspecified atom stereocenters. The summed E-state index contributed by atoms with van der Waals surface area (Å²) < 4.78 is 11.5. The second kappa shape index (κ2) is 5.04. The maximum Gasteiger partial charge on any atom is 0.304 e. The Bertz CT molecular complexity index is 521. The van der Waals surface area contributed by atoms with E-state index in [-0.39, 0.29) is 11.8 Å². The molecule has 1 saturated carbocycles. The highest BCUT2D eigenvalue weighted by Crippen LogP contribution is 2.57. The van der Waals surface area contributed by atoms with Crippen LogP contribution < -0.4 is 9.47 Å². The van der Waals surface area contributed by atoms with Gasteiger partial charge in [-0.05, 0) is 52.9 Å². The van der Waals surface area contributed by atoms with Gasteiger partial charge in [0.15, 0.2) is 11.5 Å². The van der Waals surface area contributed by atoms with Crippen LogP contribution in [0.1, 0.15) is 30.4 Å². The van der Waals surface area contributed by atoms with E-state index in [1.165, 1.54) is 0 Å². The van der Waals surface area contributed by atoms with Crippen LogP contribution in [0.15, 0.2) is 10.5 Å². The zero-order valence-corrected chi connectivity index (χ0v) is 12.8. The highest BCUT2D eigenvalue weighted by molar-refractivity contribution is 9.10. The van der Waals surface area contributed by atoms with Crippen molar-refractivity contribution in [2.45, 2.75) is 31.6 Å². The molecule has 4 nitrogen and oxygen atoms in total. The molecule has 104 valence electrons. The summed E-state index contributed by atoms with van der Waals surface area (Å²) in [6.45, 7) is 1.98. The highest BCUT2D eigenvalue weighted by Gasteiger charge is 2.48. The molecule has 2 rings (SSSR count). The second-order valence-electron chi connectivity index (χ2n) is 4.97. The molecule has 0 atom stereocenters. The molecule has 19 heavy (non-hydrogen) atoms. The molecular formula is C14H17BrO4. The van der Waals surface area contributed by atoms with E-state index in [1.54, 1.807) is 14.2 Å². The van der Waals surface area contributed by atoms with Gasteiger partial charge in [-0.2, -0.15) is 0 Å². The first kappa shape index (κ1) is 14.2. The molecule has 1 aliphatic rings. The largest absolute Gasteiger partial charge is 0.493 e. The van der Waals surface area contributed by atoms with Crippen molar-refractivity contribution < 1.29 is 19.4 Å². The lowest BCUT2D eigenvalue weighted by Crippen LogP contribution is -2.15. The summed E-state index contributed by atoms with van der Waals surface area (Å²) in [4.78, 5) is 11.1. The first-order valence-electron chi connectivity index (χ1n) is 6.08. The SMILES string of the molecule is COc1cc(C)c(C2(CC(=O)O)CC2)c(Br)c1OC. The Labute approximate surface area is 120 Å². The maximum atomic E-state index is 11.1. The molecule has 0 bridgehead atoms. The number of carbonyl (C=O) groups is 1. The van der Waals surface area contributed by atoms with Crippen LogP contribution in [0.2, 0.25) is 0 Å². The second-order valence-corrected chi connectivity index (χ2v) is 5.76. The summed E-state index contributed by atoms with van der Waals surface area (Å²) in [5.74, 6) is 0.514. The van der Waals surface area contributed by atoms with Crippen LogP contribution in [0.3, 0.4) is 0 Å². The van der Waals surface area contributed by atoms with E-state index < -0.39 is 5.97 Å². The van der Waals surface area contributed by atoms with Gasteiger partial charge < -0.3 is 14.6 Å². The molecule has 1 aromatic carbocycles. The molecule has 0 radical (unpaired) electrons. The molecule has 0 amide bonds. The van der Waals surface area contributed by atoms with Gasteiger partial charge in [-0.25, -0.2) is 0 Å². The van der Waals surface area contributed by atoms with Crippen molar-refractivity contribution in [3.63, 3.8) is 0 Å². The predicted octanol–water partition coefficient (Wildman–Crippen LogP) is 3.28. The van der Waals surface area contributed by atoms with Crippen molar-refractivity contribution in [3.8, 4) is 11.5 Å². The normalized spacial score (nSPS) is 16.0. The van der Waals surface area contributed by atoms with Crippen LogP contribution in [-0.2, 0) is 10.2 Å². The Morgan fingerprint density at radius 2 is 2.05 bits per heavy atom. The van der Waals surface area contributed by atoms with Crippen LogP contribution in [-0.4, -0.2) is 25.3 Å². The number of rotatable bonds is 5. The van der Waals surface area contributed by atoms with Crippen molar-refractivity contribution in [2.24, 2.45) is 0 Å². The summed E-state index contributed by atoms with van der Waals surface area (Å²) in [6, 6.07) is 1.90. The van der Waals surface area contributed by atoms with Crippen LogP contribution >= 0.6 is 15.9 Å². The zero-order valence-electron chi connectivity index (χ0n) is 11.2. The summed E-state index contributed by atoms with van der Waals surface area (Å²) >= 11 is 3.55. The Kier molecular flexibility index (Phi) is 3.76. The lowest BCUT2D eigenvalue weighted by Gasteiger charge is -2.21. The molecule has 0 aliphatic heterocycles. The molecule has 0 saturated heterocycles. The minimum Gasteiger partial charge on any atom is -0.493 e. The molecule has 1 N–H and O–H groups in total. The number of hydrogen-bond donors (Lipinski definition) is 1. The number of carboxylic acids is 1. The van der Waals surface area contributed by atoms with Crippen LogP contribution in [0.5, 0.6) is 11.5 Å². The van der Waals surface area contributed by atoms with Gasteiger partial charge in [-0.15, -0.1) is 0 Å². The minimum absolute atomic E-state index is 0.155. The average Bonchev–Trinajstić information content (AvgIpc) is 3.07. The van der Waals surface area contributed by atoms with Crippen molar-refractivity contribution in [3.05, 3.63) is 21.7 Å². The van der Waals surface area contributed by atoms with E-state index in [0.717, 1.165) is 28.4 Å². The van der Waals surface area contributed by atoms with E-state index in [1.807, 2.05) is 13.0 Å². The first-order chi connectivity index (χ1) is 8.95. The van der Waals surface area contributed by atoms with E-state index >= 15 is 0 Å². The van der Waals surface area contributed by atoms with E-state index in [4.69, 9.17) is 14.6 Å². The fourth-order valence-corrected chi connectivity index (χ4v) is 3.77. The Hall–Kier alpha value is -1.23. The van der Waals surface area contributed by atoms with Crippen LogP contribution in [0.4, 0.5) is 0 Å². The lowest BCUT2D eigenvalue weighted by atomic mass is 9.88. The fraction of sp³-hybridized carbons (Fsp3) is 0.500. The Morgan fingerprint density at radius 3 is 2.47 bits per heavy atom. The van der Waals surface area contributed by atoms with Crippen molar-refractivity contribution in [1.29, 1.82) is 0 Å². The molecule has 0 spiro atoms. The smallest absolute Gasteiger partial charge is 0.304 e. The van der Waals surface area contributed by atoms with Crippen LogP contribution in [0, 0.1) is 6.92 Å². The predicted molar refractivity (Wildman–Crippen MR) is 75.1 cm³/mol. The van der Waals surface area contributed by atoms with E-state index in [2.05, 4.69) is 15.9 Å². The molecule has 0 aromatic heterocycles. The number of methoxy groups -OCH3 is 2. The third-order valence-electron chi connectivity index (χ3n) is 3.68. The standard InChI is InChI=1S/C14H17BrO4/c1-8-6-9(18-2)13(19-3)12(15)11(8)14(4-5-14)7-10(16)17/h6H,4-5,7H2,1-3H3,(H,16,17). The van der Waals surface area contributed by atoms with Crippen molar-refractivity contribution in [2.75, 3.05) is 14.2 Å². The van der Waals surface area contributed by atoms with E-state index in [9.17, 15) is 4.79 Å². The zero-order chi connectivity index (χ0) is 14.2. The van der Waals surface area contributed by atoms with Gasteiger partial charge in [0.05, 0.1) is 25.1 Å². The number of aryl methyl sites for hydroxylation is 1. The number of halogens is 1. The summed E-state index contributed by atoms with van der Waals surface area (Å²) in [6.07, 6.45) is 1.95. The van der Waals surface area contributed by atoms with E-state index in [0.29, 0.717) is 11.5 Å². The third-order valence-corrected chi connectivity index (χ3v) is 4.44. The van der Waals surface area contributed by atoms with Gasteiger partial charge in [0.1, 0.15) is 0 Å². The molecule has 1 aromatic rings. The maximum absolute atomic E-state index is 11.1. The monoisotopic (exact) mass is 328 g/mol. The Morgan fingerprint density at radius 1 is 1.42 bits per heavy atom. The van der Waals surface area contributed by atoms with Gasteiger partial charge in [0, 0.05) is 5.41 Å². The van der Waals surface area contributed by atoms with Gasteiger partial charge in [0.2, 0.25) is 0 Å². The Balaban J connectivity index is 2.55. The number of benzene rings is 1. The summed E-state index contributed by atoms with van der Waals surface area (Å²) in [7, 11) is 3.17. The lowest BCUT2D eigenvalue weighted by molar-refractivity contribution is -0.137. The summed E-state index contributed by atoms with van der Waals surface area (Å²) in [5, 5.41) is 9.09.